The van der Waals surface area contributed by atoms with Gasteiger partial charge in [-0.3, -0.25) is 14.6 Å². The SMILES string of the molecule is CC(CCN1Cc2cc(C#Cc3ccc(C4(CN)CC4)cc3)cn2C1=O)(C(=O)NO)S(C)(=O)=O. The Morgan fingerprint density at radius 1 is 1.24 bits per heavy atom. The van der Waals surface area contributed by atoms with Crippen molar-refractivity contribution in [3.8, 4) is 11.8 Å². The molecule has 1 fully saturated rings. The highest BCUT2D eigenvalue weighted by molar-refractivity contribution is 7.92. The first-order chi connectivity index (χ1) is 16.0. The number of benzene rings is 1. The van der Waals surface area contributed by atoms with Crippen LogP contribution >= 0.6 is 0 Å². The number of hydrogen-bond acceptors (Lipinski definition) is 6. The minimum Gasteiger partial charge on any atom is -0.330 e. The Hall–Kier alpha value is -3.13. The quantitative estimate of drug-likeness (QED) is 0.309. The Labute approximate surface area is 198 Å². The van der Waals surface area contributed by atoms with Gasteiger partial charge in [0.25, 0.3) is 5.91 Å². The van der Waals surface area contributed by atoms with E-state index in [2.05, 4.69) is 24.0 Å². The number of carbonyl (C=O) groups excluding carboxylic acids is 2. The summed E-state index contributed by atoms with van der Waals surface area (Å²) in [5.74, 6) is 5.18. The summed E-state index contributed by atoms with van der Waals surface area (Å²) in [6.45, 7) is 2.20. The zero-order chi connectivity index (χ0) is 24.7. The van der Waals surface area contributed by atoms with Crippen molar-refractivity contribution in [3.05, 3.63) is 58.9 Å². The highest BCUT2D eigenvalue weighted by atomic mass is 32.2. The summed E-state index contributed by atoms with van der Waals surface area (Å²) in [5, 5.41) is 8.95. The Morgan fingerprint density at radius 3 is 2.41 bits per heavy atom. The number of amides is 2. The number of nitrogens with zero attached hydrogens (tertiary/aromatic N) is 2. The van der Waals surface area contributed by atoms with Gasteiger partial charge in [-0.15, -0.1) is 0 Å². The molecule has 1 aliphatic carbocycles. The van der Waals surface area contributed by atoms with E-state index in [1.165, 1.54) is 27.4 Å². The third kappa shape index (κ3) is 4.22. The monoisotopic (exact) mass is 484 g/mol. The zero-order valence-corrected chi connectivity index (χ0v) is 20.0. The second-order valence-electron chi connectivity index (χ2n) is 9.30. The summed E-state index contributed by atoms with van der Waals surface area (Å²) < 4.78 is 23.9. The van der Waals surface area contributed by atoms with E-state index < -0.39 is 20.5 Å². The molecular weight excluding hydrogens is 456 g/mol. The average Bonchev–Trinajstić information content (AvgIpc) is 3.43. The van der Waals surface area contributed by atoms with Crippen LogP contribution in [-0.2, 0) is 26.6 Å². The number of rotatable bonds is 7. The van der Waals surface area contributed by atoms with Gasteiger partial charge >= 0.3 is 6.03 Å². The van der Waals surface area contributed by atoms with Crippen LogP contribution in [-0.4, -0.2) is 59.1 Å². The van der Waals surface area contributed by atoms with Crippen LogP contribution in [0.1, 0.15) is 48.6 Å². The molecule has 1 unspecified atom stereocenters. The van der Waals surface area contributed by atoms with Crippen molar-refractivity contribution in [3.63, 3.8) is 0 Å². The smallest absolute Gasteiger partial charge is 0.328 e. The van der Waals surface area contributed by atoms with Crippen LogP contribution in [0, 0.1) is 11.8 Å². The van der Waals surface area contributed by atoms with E-state index in [1.807, 2.05) is 18.2 Å². The molecule has 2 heterocycles. The highest BCUT2D eigenvalue weighted by Gasteiger charge is 2.44. The molecule has 9 nitrogen and oxygen atoms in total. The molecule has 1 aromatic carbocycles. The van der Waals surface area contributed by atoms with Crippen LogP contribution in [0.15, 0.2) is 36.5 Å². The predicted molar refractivity (Wildman–Crippen MR) is 126 cm³/mol. The second kappa shape index (κ2) is 8.58. The van der Waals surface area contributed by atoms with Gasteiger partial charge in [0.2, 0.25) is 0 Å². The normalized spacial score (nSPS) is 18.0. The molecule has 1 aromatic heterocycles. The third-order valence-corrected chi connectivity index (χ3v) is 9.11. The molecular formula is C24H28N4O5S. The van der Waals surface area contributed by atoms with Crippen LogP contribution in [0.2, 0.25) is 0 Å². The summed E-state index contributed by atoms with van der Waals surface area (Å²) in [6.07, 6.45) is 4.68. The van der Waals surface area contributed by atoms with Crippen LogP contribution in [0.4, 0.5) is 4.79 Å². The molecule has 0 radical (unpaired) electrons. The molecule has 10 heteroatoms. The Kier molecular flexibility index (Phi) is 6.06. The number of nitrogens with two attached hydrogens (primary N) is 1. The van der Waals surface area contributed by atoms with Crippen molar-refractivity contribution in [1.82, 2.24) is 14.9 Å². The van der Waals surface area contributed by atoms with E-state index >= 15 is 0 Å². The van der Waals surface area contributed by atoms with E-state index in [9.17, 15) is 18.0 Å². The molecule has 0 spiro atoms. The molecule has 0 bridgehead atoms. The fourth-order valence-corrected chi connectivity index (χ4v) is 5.06. The Morgan fingerprint density at radius 2 is 1.88 bits per heavy atom. The summed E-state index contributed by atoms with van der Waals surface area (Å²) in [5.41, 5.74) is 11.0. The van der Waals surface area contributed by atoms with Gasteiger partial charge in [0, 0.05) is 47.8 Å². The van der Waals surface area contributed by atoms with Gasteiger partial charge in [-0.2, -0.15) is 0 Å². The highest BCUT2D eigenvalue weighted by Crippen LogP contribution is 2.47. The lowest BCUT2D eigenvalue weighted by molar-refractivity contribution is -0.131. The molecule has 34 heavy (non-hydrogen) atoms. The lowest BCUT2D eigenvalue weighted by atomic mass is 9.95. The van der Waals surface area contributed by atoms with Crippen molar-refractivity contribution < 1.29 is 23.2 Å². The van der Waals surface area contributed by atoms with E-state index in [0.717, 1.165) is 30.4 Å². The fourth-order valence-electron chi connectivity index (χ4n) is 4.21. The predicted octanol–water partition coefficient (Wildman–Crippen LogP) is 1.36. The van der Waals surface area contributed by atoms with Gasteiger partial charge in [0.1, 0.15) is 0 Å². The number of sulfone groups is 1. The maximum atomic E-state index is 12.8. The number of hydroxylamine groups is 1. The van der Waals surface area contributed by atoms with E-state index in [1.54, 1.807) is 6.20 Å². The van der Waals surface area contributed by atoms with E-state index in [-0.39, 0.29) is 31.0 Å². The van der Waals surface area contributed by atoms with Crippen molar-refractivity contribution in [2.75, 3.05) is 19.3 Å². The van der Waals surface area contributed by atoms with Crippen molar-refractivity contribution in [2.24, 2.45) is 5.73 Å². The number of aromatic nitrogens is 1. The van der Waals surface area contributed by atoms with Gasteiger partial charge < -0.3 is 10.6 Å². The van der Waals surface area contributed by atoms with Gasteiger partial charge in [-0.05, 0) is 49.9 Å². The molecule has 1 atom stereocenters. The molecule has 4 N–H and O–H groups in total. The number of fused-ring (bicyclic) bond motifs is 1. The molecule has 2 amide bonds. The minimum atomic E-state index is -3.83. The topological polar surface area (TPSA) is 135 Å². The van der Waals surface area contributed by atoms with Gasteiger partial charge in [0.05, 0.1) is 6.54 Å². The summed E-state index contributed by atoms with van der Waals surface area (Å²) in [7, 11) is -3.83. The first kappa shape index (κ1) is 24.0. The molecule has 180 valence electrons. The van der Waals surface area contributed by atoms with Crippen LogP contribution in [0.25, 0.3) is 0 Å². The van der Waals surface area contributed by atoms with Crippen molar-refractivity contribution in [1.29, 1.82) is 0 Å². The maximum Gasteiger partial charge on any atom is 0.328 e. The van der Waals surface area contributed by atoms with Gasteiger partial charge in [-0.25, -0.2) is 18.7 Å². The molecule has 2 aliphatic rings. The van der Waals surface area contributed by atoms with Crippen LogP contribution < -0.4 is 11.2 Å². The van der Waals surface area contributed by atoms with Crippen molar-refractivity contribution >= 4 is 21.8 Å². The molecule has 0 saturated heterocycles. The number of nitrogens with one attached hydrogen (secondary N) is 1. The second-order valence-corrected chi connectivity index (χ2v) is 11.7. The summed E-state index contributed by atoms with van der Waals surface area (Å²) in [6, 6.07) is 9.62. The average molecular weight is 485 g/mol. The van der Waals surface area contributed by atoms with Gasteiger partial charge in [-0.1, -0.05) is 24.0 Å². The molecule has 1 aliphatic heterocycles. The zero-order valence-electron chi connectivity index (χ0n) is 19.2. The largest absolute Gasteiger partial charge is 0.330 e. The van der Waals surface area contributed by atoms with Crippen LogP contribution in [0.5, 0.6) is 0 Å². The molecule has 1 saturated carbocycles. The summed E-state index contributed by atoms with van der Waals surface area (Å²) >= 11 is 0. The van der Waals surface area contributed by atoms with Crippen molar-refractivity contribution in [2.45, 2.75) is 42.9 Å². The Bertz CT molecular complexity index is 1300. The van der Waals surface area contributed by atoms with Crippen LogP contribution in [0.3, 0.4) is 0 Å². The lowest BCUT2D eigenvalue weighted by Crippen LogP contribution is -2.50. The molecule has 4 rings (SSSR count). The first-order valence-electron chi connectivity index (χ1n) is 11.0. The standard InChI is InChI=1S/C24H28N4O5S/c1-23(21(29)26-31,34(2,32)33)11-12-27-15-20-13-18(14-28(20)22(27)30)4-3-17-5-7-19(8-6-17)24(16-25)9-10-24/h5-8,13-14,31H,9-12,15-16,25H2,1-2H3,(H,26,29). The third-order valence-electron chi connectivity index (χ3n) is 7.08. The summed E-state index contributed by atoms with van der Waals surface area (Å²) in [4.78, 5) is 26.2. The number of hydrogen-bond donors (Lipinski definition) is 3. The number of carbonyl (C=O) groups is 2. The van der Waals surface area contributed by atoms with E-state index in [4.69, 9.17) is 10.9 Å². The lowest BCUT2D eigenvalue weighted by Gasteiger charge is -2.27. The Balaban J connectivity index is 1.42. The first-order valence-corrected chi connectivity index (χ1v) is 12.9. The maximum absolute atomic E-state index is 12.8. The molecule has 2 aromatic rings. The van der Waals surface area contributed by atoms with E-state index in [0.29, 0.717) is 12.1 Å². The fraction of sp³-hybridized carbons (Fsp3) is 0.417. The van der Waals surface area contributed by atoms with Gasteiger partial charge in [0.15, 0.2) is 14.6 Å². The minimum absolute atomic E-state index is 0.0369.